The summed E-state index contributed by atoms with van der Waals surface area (Å²) in [5, 5.41) is 12.5. The Labute approximate surface area is 182 Å². The van der Waals surface area contributed by atoms with Crippen molar-refractivity contribution in [3.8, 4) is 5.88 Å². The van der Waals surface area contributed by atoms with E-state index in [2.05, 4.69) is 20.0 Å². The molecule has 9 heteroatoms. The van der Waals surface area contributed by atoms with Crippen molar-refractivity contribution >= 4 is 29.3 Å². The van der Waals surface area contributed by atoms with Crippen LogP contribution in [-0.4, -0.2) is 39.3 Å². The van der Waals surface area contributed by atoms with Gasteiger partial charge in [-0.15, -0.1) is 0 Å². The number of amides is 1. The lowest BCUT2D eigenvalue weighted by Crippen LogP contribution is -2.23. The van der Waals surface area contributed by atoms with Gasteiger partial charge in [0.05, 0.1) is 23.5 Å². The molecule has 0 unspecified atom stereocenters. The molecule has 0 saturated heterocycles. The van der Waals surface area contributed by atoms with Crippen LogP contribution in [0.15, 0.2) is 64.5 Å². The monoisotopic (exact) mass is 439 g/mol. The third-order valence-corrected chi connectivity index (χ3v) is 5.41. The second-order valence-corrected chi connectivity index (χ2v) is 7.98. The summed E-state index contributed by atoms with van der Waals surface area (Å²) < 4.78 is 4.64. The number of aromatic nitrogens is 2. The highest BCUT2D eigenvalue weighted by Gasteiger charge is 2.19. The minimum atomic E-state index is -0.609. The predicted octanol–water partition coefficient (Wildman–Crippen LogP) is 2.97. The van der Waals surface area contributed by atoms with Crippen LogP contribution in [0.4, 0.5) is 5.69 Å². The molecule has 1 heterocycles. The molecule has 0 spiro atoms. The van der Waals surface area contributed by atoms with Crippen molar-refractivity contribution in [2.24, 2.45) is 0 Å². The van der Waals surface area contributed by atoms with Crippen molar-refractivity contribution in [2.75, 3.05) is 12.4 Å². The molecule has 0 aliphatic rings. The smallest absolute Gasteiger partial charge is 0.337 e. The van der Waals surface area contributed by atoms with Gasteiger partial charge in [-0.3, -0.25) is 9.59 Å². The van der Waals surface area contributed by atoms with Crippen LogP contribution in [0.5, 0.6) is 5.88 Å². The van der Waals surface area contributed by atoms with Crippen molar-refractivity contribution in [1.29, 1.82) is 0 Å². The molecule has 3 rings (SSSR count). The van der Waals surface area contributed by atoms with Crippen LogP contribution in [0.25, 0.3) is 0 Å². The molecule has 2 aromatic carbocycles. The summed E-state index contributed by atoms with van der Waals surface area (Å²) in [4.78, 5) is 43.0. The van der Waals surface area contributed by atoms with Crippen molar-refractivity contribution in [3.63, 3.8) is 0 Å². The van der Waals surface area contributed by atoms with Gasteiger partial charge in [0.15, 0.2) is 5.16 Å². The summed E-state index contributed by atoms with van der Waals surface area (Å²) in [5.41, 5.74) is 1.46. The molecule has 0 saturated carbocycles. The van der Waals surface area contributed by atoms with Gasteiger partial charge in [0.25, 0.3) is 5.56 Å². The highest BCUT2D eigenvalue weighted by molar-refractivity contribution is 8.00. The number of rotatable bonds is 7. The zero-order chi connectivity index (χ0) is 22.4. The van der Waals surface area contributed by atoms with Crippen molar-refractivity contribution in [2.45, 2.75) is 23.8 Å². The van der Waals surface area contributed by atoms with Gasteiger partial charge in [-0.2, -0.15) is 4.98 Å². The summed E-state index contributed by atoms with van der Waals surface area (Å²) in [6.07, 6.45) is 0.248. The van der Waals surface area contributed by atoms with Crippen LogP contribution in [-0.2, 0) is 16.0 Å². The Bertz CT molecular complexity index is 1130. The Balaban J connectivity index is 1.65. The number of carbonyl (C=O) groups is 2. The maximum Gasteiger partial charge on any atom is 0.337 e. The number of nitrogens with one attached hydrogen (secondary N) is 2. The molecule has 0 fully saturated rings. The SMILES string of the molecule is COC(=O)c1ccc(NC(=O)[C@@H](C)Sc2nc(O)c(Cc3ccccc3)c(=O)[nH]2)cc1. The number of benzene rings is 2. The molecule has 8 nitrogen and oxygen atoms in total. The first-order valence-corrected chi connectivity index (χ1v) is 10.3. The standard InChI is InChI=1S/C22H21N3O5S/c1-13(18(26)23-16-10-8-15(9-11-16)21(29)30-2)31-22-24-19(27)17(20(28)25-22)12-14-6-4-3-5-7-14/h3-11,13H,12H2,1-2H3,(H,23,26)(H2,24,25,27,28)/t13-/m1/s1. The summed E-state index contributed by atoms with van der Waals surface area (Å²) in [7, 11) is 1.29. The molecular formula is C22H21N3O5S. The van der Waals surface area contributed by atoms with Gasteiger partial charge in [0.1, 0.15) is 0 Å². The van der Waals surface area contributed by atoms with Gasteiger partial charge in [-0.1, -0.05) is 42.1 Å². The van der Waals surface area contributed by atoms with Gasteiger partial charge in [-0.05, 0) is 36.8 Å². The number of hydrogen-bond donors (Lipinski definition) is 3. The molecule has 0 radical (unpaired) electrons. The minimum absolute atomic E-state index is 0.142. The zero-order valence-corrected chi connectivity index (χ0v) is 17.7. The first-order chi connectivity index (χ1) is 14.9. The van der Waals surface area contributed by atoms with Gasteiger partial charge < -0.3 is 20.1 Å². The Morgan fingerprint density at radius 3 is 2.45 bits per heavy atom. The van der Waals surface area contributed by atoms with Crippen LogP contribution in [0.1, 0.15) is 28.4 Å². The molecule has 1 amide bonds. The number of methoxy groups -OCH3 is 1. The van der Waals surface area contributed by atoms with Gasteiger partial charge in [0.2, 0.25) is 11.8 Å². The third-order valence-electron chi connectivity index (χ3n) is 4.43. The summed E-state index contributed by atoms with van der Waals surface area (Å²) >= 11 is 1.01. The van der Waals surface area contributed by atoms with E-state index in [1.165, 1.54) is 7.11 Å². The maximum atomic E-state index is 12.5. The highest BCUT2D eigenvalue weighted by atomic mass is 32.2. The van der Waals surface area contributed by atoms with Crippen molar-refractivity contribution < 1.29 is 19.4 Å². The van der Waals surface area contributed by atoms with Crippen LogP contribution in [0.2, 0.25) is 0 Å². The second kappa shape index (κ2) is 9.94. The van der Waals surface area contributed by atoms with Gasteiger partial charge in [-0.25, -0.2) is 4.79 Å². The third kappa shape index (κ3) is 5.73. The quantitative estimate of drug-likeness (QED) is 0.294. The Kier molecular flexibility index (Phi) is 7.09. The molecule has 1 aromatic heterocycles. The lowest BCUT2D eigenvalue weighted by molar-refractivity contribution is -0.115. The highest BCUT2D eigenvalue weighted by Crippen LogP contribution is 2.23. The van der Waals surface area contributed by atoms with Crippen LogP contribution < -0.4 is 10.9 Å². The molecular weight excluding hydrogens is 418 g/mol. The number of nitrogens with zero attached hydrogens (tertiary/aromatic N) is 1. The predicted molar refractivity (Wildman–Crippen MR) is 118 cm³/mol. The molecule has 3 aromatic rings. The molecule has 0 aliphatic carbocycles. The van der Waals surface area contributed by atoms with E-state index in [-0.39, 0.29) is 28.9 Å². The molecule has 1 atom stereocenters. The van der Waals surface area contributed by atoms with E-state index in [0.717, 1.165) is 17.3 Å². The van der Waals surface area contributed by atoms with E-state index in [9.17, 15) is 19.5 Å². The number of ether oxygens (including phenoxy) is 1. The lowest BCUT2D eigenvalue weighted by Gasteiger charge is -2.12. The summed E-state index contributed by atoms with van der Waals surface area (Å²) in [5.74, 6) is -1.15. The topological polar surface area (TPSA) is 121 Å². The normalized spacial score (nSPS) is 11.5. The fraction of sp³-hybridized carbons (Fsp3) is 0.182. The second-order valence-electron chi connectivity index (χ2n) is 6.65. The number of carbonyl (C=O) groups excluding carboxylic acids is 2. The molecule has 3 N–H and O–H groups in total. The average Bonchev–Trinajstić information content (AvgIpc) is 2.77. The minimum Gasteiger partial charge on any atom is -0.493 e. The zero-order valence-electron chi connectivity index (χ0n) is 16.9. The van der Waals surface area contributed by atoms with Crippen LogP contribution >= 0.6 is 11.8 Å². The van der Waals surface area contributed by atoms with E-state index in [4.69, 9.17) is 0 Å². The maximum absolute atomic E-state index is 12.5. The Morgan fingerprint density at radius 1 is 1.16 bits per heavy atom. The number of aromatic amines is 1. The molecule has 0 aliphatic heterocycles. The fourth-order valence-corrected chi connectivity index (χ4v) is 3.54. The van der Waals surface area contributed by atoms with Gasteiger partial charge in [0, 0.05) is 12.1 Å². The van der Waals surface area contributed by atoms with E-state index in [1.54, 1.807) is 31.2 Å². The Morgan fingerprint density at radius 2 is 1.84 bits per heavy atom. The van der Waals surface area contributed by atoms with Crippen LogP contribution in [0.3, 0.4) is 0 Å². The number of esters is 1. The van der Waals surface area contributed by atoms with E-state index in [1.807, 2.05) is 30.3 Å². The largest absolute Gasteiger partial charge is 0.493 e. The van der Waals surface area contributed by atoms with Crippen molar-refractivity contribution in [1.82, 2.24) is 9.97 Å². The number of thioether (sulfide) groups is 1. The number of aromatic hydroxyl groups is 1. The van der Waals surface area contributed by atoms with E-state index < -0.39 is 16.8 Å². The van der Waals surface area contributed by atoms with Crippen molar-refractivity contribution in [3.05, 3.63) is 81.6 Å². The van der Waals surface area contributed by atoms with E-state index in [0.29, 0.717) is 11.3 Å². The molecule has 0 bridgehead atoms. The summed E-state index contributed by atoms with van der Waals surface area (Å²) in [6.45, 7) is 1.65. The average molecular weight is 439 g/mol. The molecule has 31 heavy (non-hydrogen) atoms. The number of hydrogen-bond acceptors (Lipinski definition) is 7. The molecule has 160 valence electrons. The van der Waals surface area contributed by atoms with Gasteiger partial charge >= 0.3 is 5.97 Å². The van der Waals surface area contributed by atoms with E-state index >= 15 is 0 Å². The Hall–Kier alpha value is -3.59. The van der Waals surface area contributed by atoms with Crippen LogP contribution in [0, 0.1) is 0 Å². The fourth-order valence-electron chi connectivity index (χ4n) is 2.75. The first kappa shape index (κ1) is 22.1. The first-order valence-electron chi connectivity index (χ1n) is 9.39. The number of anilines is 1. The summed E-state index contributed by atoms with van der Waals surface area (Å²) in [6, 6.07) is 15.5. The number of H-pyrrole nitrogens is 1. The lowest BCUT2D eigenvalue weighted by atomic mass is 10.1.